The third-order valence-corrected chi connectivity index (χ3v) is 4.66. The highest BCUT2D eigenvalue weighted by Gasteiger charge is 2.25. The number of rotatable bonds is 2. The van der Waals surface area contributed by atoms with Gasteiger partial charge < -0.3 is 5.73 Å². The summed E-state index contributed by atoms with van der Waals surface area (Å²) in [7, 11) is 0. The fourth-order valence-corrected chi connectivity index (χ4v) is 3.46. The molecule has 2 nitrogen and oxygen atoms in total. The van der Waals surface area contributed by atoms with Gasteiger partial charge in [-0.15, -0.1) is 11.3 Å². The SMILES string of the molecule is CC(C)(C)C(N)c1nc(-c2ccc(Br)cc2Cl)cs1. The van der Waals surface area contributed by atoms with Crippen molar-refractivity contribution in [1.29, 1.82) is 0 Å². The third-order valence-electron chi connectivity index (χ3n) is 2.93. The number of hydrogen-bond donors (Lipinski definition) is 1. The van der Waals surface area contributed by atoms with Gasteiger partial charge in [0.25, 0.3) is 0 Å². The second kappa shape index (κ2) is 5.52. The van der Waals surface area contributed by atoms with Crippen LogP contribution in [0.2, 0.25) is 5.02 Å². The van der Waals surface area contributed by atoms with Crippen LogP contribution in [-0.4, -0.2) is 4.98 Å². The molecule has 2 aromatic rings. The van der Waals surface area contributed by atoms with Gasteiger partial charge in [0.05, 0.1) is 16.8 Å². The van der Waals surface area contributed by atoms with Crippen LogP contribution in [0.25, 0.3) is 11.3 Å². The molecule has 2 rings (SSSR count). The first-order valence-electron chi connectivity index (χ1n) is 5.95. The van der Waals surface area contributed by atoms with Crippen LogP contribution in [0, 0.1) is 5.41 Å². The summed E-state index contributed by atoms with van der Waals surface area (Å²) in [4.78, 5) is 4.63. The minimum Gasteiger partial charge on any atom is -0.322 e. The van der Waals surface area contributed by atoms with E-state index in [0.29, 0.717) is 5.02 Å². The van der Waals surface area contributed by atoms with E-state index in [9.17, 15) is 0 Å². The Labute approximate surface area is 131 Å². The van der Waals surface area contributed by atoms with E-state index in [1.165, 1.54) is 0 Å². The van der Waals surface area contributed by atoms with Gasteiger partial charge in [-0.1, -0.05) is 54.4 Å². The van der Waals surface area contributed by atoms with E-state index in [1.807, 2.05) is 23.6 Å². The van der Waals surface area contributed by atoms with E-state index < -0.39 is 0 Å². The molecule has 0 amide bonds. The van der Waals surface area contributed by atoms with Crippen LogP contribution in [0.5, 0.6) is 0 Å². The van der Waals surface area contributed by atoms with Crippen LogP contribution in [0.1, 0.15) is 31.8 Å². The fourth-order valence-electron chi connectivity index (χ4n) is 1.62. The van der Waals surface area contributed by atoms with Gasteiger partial charge in [0, 0.05) is 15.4 Å². The second-order valence-corrected chi connectivity index (χ2v) is 7.75. The van der Waals surface area contributed by atoms with Crippen molar-refractivity contribution < 1.29 is 0 Å². The van der Waals surface area contributed by atoms with Gasteiger partial charge in [-0.25, -0.2) is 4.98 Å². The van der Waals surface area contributed by atoms with Crippen molar-refractivity contribution >= 4 is 38.9 Å². The molecule has 0 saturated heterocycles. The van der Waals surface area contributed by atoms with Gasteiger partial charge in [-0.05, 0) is 17.5 Å². The van der Waals surface area contributed by atoms with E-state index in [2.05, 4.69) is 41.7 Å². The largest absolute Gasteiger partial charge is 0.322 e. The maximum Gasteiger partial charge on any atom is 0.111 e. The molecule has 19 heavy (non-hydrogen) atoms. The first kappa shape index (κ1) is 15.0. The molecule has 0 radical (unpaired) electrons. The van der Waals surface area contributed by atoms with Gasteiger partial charge in [0.1, 0.15) is 5.01 Å². The molecule has 0 aliphatic rings. The Bertz CT molecular complexity index is 589. The molecule has 0 fully saturated rings. The van der Waals surface area contributed by atoms with Crippen molar-refractivity contribution in [2.45, 2.75) is 26.8 Å². The molecule has 1 unspecified atom stereocenters. The van der Waals surface area contributed by atoms with E-state index >= 15 is 0 Å². The molecule has 0 aliphatic carbocycles. The molecule has 102 valence electrons. The fraction of sp³-hybridized carbons (Fsp3) is 0.357. The molecule has 1 atom stereocenters. The summed E-state index contributed by atoms with van der Waals surface area (Å²) in [6, 6.07) is 5.73. The van der Waals surface area contributed by atoms with Gasteiger partial charge in [0.2, 0.25) is 0 Å². The maximum atomic E-state index is 6.25. The van der Waals surface area contributed by atoms with E-state index in [-0.39, 0.29) is 11.5 Å². The molecule has 0 saturated carbocycles. The minimum atomic E-state index is -0.0690. The Balaban J connectivity index is 2.36. The molecule has 5 heteroatoms. The Morgan fingerprint density at radius 2 is 2.05 bits per heavy atom. The van der Waals surface area contributed by atoms with Crippen LogP contribution in [0.4, 0.5) is 0 Å². The van der Waals surface area contributed by atoms with Crippen LogP contribution in [0.3, 0.4) is 0 Å². The molecule has 0 spiro atoms. The zero-order valence-electron chi connectivity index (χ0n) is 11.1. The van der Waals surface area contributed by atoms with Crippen LogP contribution in [-0.2, 0) is 0 Å². The summed E-state index contributed by atoms with van der Waals surface area (Å²) in [5, 5.41) is 3.65. The smallest absolute Gasteiger partial charge is 0.111 e. The highest BCUT2D eigenvalue weighted by Crippen LogP contribution is 2.36. The molecular formula is C14H16BrClN2S. The molecule has 1 heterocycles. The number of nitrogens with two attached hydrogens (primary N) is 1. The zero-order valence-corrected chi connectivity index (χ0v) is 14.2. The standard InChI is InChI=1S/C14H16BrClN2S/c1-14(2,3)12(17)13-18-11(7-19-13)9-5-4-8(15)6-10(9)16/h4-7,12H,17H2,1-3H3. The van der Waals surface area contributed by atoms with Gasteiger partial charge in [-0.2, -0.15) is 0 Å². The lowest BCUT2D eigenvalue weighted by Gasteiger charge is -2.24. The van der Waals surface area contributed by atoms with Crippen molar-refractivity contribution in [2.24, 2.45) is 11.1 Å². The molecule has 2 N–H and O–H groups in total. The normalized spacial score (nSPS) is 13.6. The van der Waals surface area contributed by atoms with E-state index in [1.54, 1.807) is 11.3 Å². The zero-order chi connectivity index (χ0) is 14.2. The predicted molar refractivity (Wildman–Crippen MR) is 86.6 cm³/mol. The number of nitrogens with zero attached hydrogens (tertiary/aromatic N) is 1. The lowest BCUT2D eigenvalue weighted by atomic mass is 9.88. The second-order valence-electron chi connectivity index (χ2n) is 5.54. The summed E-state index contributed by atoms with van der Waals surface area (Å²) in [5.74, 6) is 0. The maximum absolute atomic E-state index is 6.25. The first-order valence-corrected chi connectivity index (χ1v) is 8.00. The van der Waals surface area contributed by atoms with Gasteiger partial charge >= 0.3 is 0 Å². The first-order chi connectivity index (χ1) is 8.79. The summed E-state index contributed by atoms with van der Waals surface area (Å²) in [6.07, 6.45) is 0. The van der Waals surface area contributed by atoms with Crippen LogP contribution < -0.4 is 5.73 Å². The molecule has 1 aromatic carbocycles. The lowest BCUT2D eigenvalue weighted by Crippen LogP contribution is -2.26. The topological polar surface area (TPSA) is 38.9 Å². The minimum absolute atomic E-state index is 0.00136. The monoisotopic (exact) mass is 358 g/mol. The number of benzene rings is 1. The Morgan fingerprint density at radius 3 is 2.63 bits per heavy atom. The van der Waals surface area contributed by atoms with Crippen molar-refractivity contribution in [2.75, 3.05) is 0 Å². The Morgan fingerprint density at radius 1 is 1.37 bits per heavy atom. The number of aromatic nitrogens is 1. The highest BCUT2D eigenvalue weighted by atomic mass is 79.9. The summed E-state index contributed by atoms with van der Waals surface area (Å²) >= 11 is 11.2. The van der Waals surface area contributed by atoms with Crippen LogP contribution >= 0.6 is 38.9 Å². The number of hydrogen-bond acceptors (Lipinski definition) is 3. The van der Waals surface area contributed by atoms with Gasteiger partial charge in [0.15, 0.2) is 0 Å². The summed E-state index contributed by atoms with van der Waals surface area (Å²) < 4.78 is 0.961. The predicted octanol–water partition coefficient (Wildman–Crippen LogP) is 5.27. The van der Waals surface area contributed by atoms with Crippen LogP contribution in [0.15, 0.2) is 28.1 Å². The van der Waals surface area contributed by atoms with Crippen molar-refractivity contribution in [3.8, 4) is 11.3 Å². The Hall–Kier alpha value is -0.420. The number of halogens is 2. The summed E-state index contributed by atoms with van der Waals surface area (Å²) in [6.45, 7) is 6.35. The highest BCUT2D eigenvalue weighted by molar-refractivity contribution is 9.10. The van der Waals surface area contributed by atoms with E-state index in [4.69, 9.17) is 17.3 Å². The van der Waals surface area contributed by atoms with Gasteiger partial charge in [-0.3, -0.25) is 0 Å². The van der Waals surface area contributed by atoms with Crippen molar-refractivity contribution in [3.63, 3.8) is 0 Å². The average Bonchev–Trinajstić information content (AvgIpc) is 2.75. The summed E-state index contributed by atoms with van der Waals surface area (Å²) in [5.41, 5.74) is 8.06. The quantitative estimate of drug-likeness (QED) is 0.793. The van der Waals surface area contributed by atoms with E-state index in [0.717, 1.165) is 20.7 Å². The molecule has 0 aliphatic heterocycles. The molecular weight excluding hydrogens is 344 g/mol. The van der Waals surface area contributed by atoms with Crippen molar-refractivity contribution in [1.82, 2.24) is 4.98 Å². The van der Waals surface area contributed by atoms with Crippen molar-refractivity contribution in [3.05, 3.63) is 38.1 Å². The lowest BCUT2D eigenvalue weighted by molar-refractivity contribution is 0.326. The Kier molecular flexibility index (Phi) is 4.35. The number of thiazole rings is 1. The molecule has 1 aromatic heterocycles. The average molecular weight is 360 g/mol. The third kappa shape index (κ3) is 3.37. The molecule has 0 bridgehead atoms.